The number of carboxylic acid groups (broad SMARTS) is 1. The second kappa shape index (κ2) is 5.79. The van der Waals surface area contributed by atoms with Crippen molar-refractivity contribution < 1.29 is 14.7 Å². The van der Waals surface area contributed by atoms with Crippen molar-refractivity contribution in [2.24, 2.45) is 5.41 Å². The van der Waals surface area contributed by atoms with Crippen LogP contribution in [-0.4, -0.2) is 40.0 Å². The van der Waals surface area contributed by atoms with Gasteiger partial charge in [0.1, 0.15) is 5.69 Å². The standard InChI is InChI=1S/C14H17ClN2O3/c1-2-14(13(19)20)4-7-17(8-5-14)12(18)11-9-10(15)3-6-16-11/h3,6,9H,2,4-5,7-8H2,1H3,(H,19,20). The van der Waals surface area contributed by atoms with E-state index in [2.05, 4.69) is 4.98 Å². The summed E-state index contributed by atoms with van der Waals surface area (Å²) in [5.74, 6) is -0.962. The molecule has 0 bridgehead atoms. The van der Waals surface area contributed by atoms with Crippen molar-refractivity contribution in [2.75, 3.05) is 13.1 Å². The summed E-state index contributed by atoms with van der Waals surface area (Å²) >= 11 is 5.85. The van der Waals surface area contributed by atoms with Crippen LogP contribution >= 0.6 is 11.6 Å². The number of carbonyl (C=O) groups excluding carboxylic acids is 1. The summed E-state index contributed by atoms with van der Waals surface area (Å²) in [4.78, 5) is 29.3. The third-order valence-corrected chi connectivity index (χ3v) is 4.31. The minimum absolute atomic E-state index is 0.192. The molecule has 0 atom stereocenters. The molecule has 1 aromatic heterocycles. The maximum absolute atomic E-state index is 12.3. The number of hydrogen-bond donors (Lipinski definition) is 1. The molecular formula is C14H17ClN2O3. The highest BCUT2D eigenvalue weighted by molar-refractivity contribution is 6.30. The van der Waals surface area contributed by atoms with E-state index >= 15 is 0 Å². The van der Waals surface area contributed by atoms with E-state index in [1.807, 2.05) is 6.92 Å². The molecule has 0 aromatic carbocycles. The first-order chi connectivity index (χ1) is 9.48. The Hall–Kier alpha value is -1.62. The largest absolute Gasteiger partial charge is 0.481 e. The summed E-state index contributed by atoms with van der Waals surface area (Å²) in [5.41, 5.74) is -0.393. The maximum Gasteiger partial charge on any atom is 0.309 e. The number of carboxylic acids is 1. The number of likely N-dealkylation sites (tertiary alicyclic amines) is 1. The number of rotatable bonds is 3. The van der Waals surface area contributed by atoms with Gasteiger partial charge in [-0.1, -0.05) is 18.5 Å². The fourth-order valence-corrected chi connectivity index (χ4v) is 2.70. The molecule has 1 N–H and O–H groups in total. The van der Waals surface area contributed by atoms with E-state index in [1.165, 1.54) is 12.3 Å². The van der Waals surface area contributed by atoms with Gasteiger partial charge >= 0.3 is 5.97 Å². The van der Waals surface area contributed by atoms with E-state index in [9.17, 15) is 14.7 Å². The topological polar surface area (TPSA) is 70.5 Å². The highest BCUT2D eigenvalue weighted by atomic mass is 35.5. The van der Waals surface area contributed by atoms with Gasteiger partial charge in [0.2, 0.25) is 0 Å². The third kappa shape index (κ3) is 2.77. The van der Waals surface area contributed by atoms with Crippen molar-refractivity contribution in [2.45, 2.75) is 26.2 Å². The van der Waals surface area contributed by atoms with Crippen molar-refractivity contribution >= 4 is 23.5 Å². The zero-order valence-corrected chi connectivity index (χ0v) is 12.1. The van der Waals surface area contributed by atoms with Crippen LogP contribution in [-0.2, 0) is 4.79 Å². The Bertz CT molecular complexity index is 525. The summed E-state index contributed by atoms with van der Waals surface area (Å²) in [6, 6.07) is 3.14. The Morgan fingerprint density at radius 1 is 1.45 bits per heavy atom. The molecule has 0 saturated carbocycles. The second-order valence-electron chi connectivity index (χ2n) is 5.09. The molecule has 108 valence electrons. The summed E-state index contributed by atoms with van der Waals surface area (Å²) < 4.78 is 0. The molecule has 2 rings (SSSR count). The lowest BCUT2D eigenvalue weighted by Crippen LogP contribution is -2.46. The van der Waals surface area contributed by atoms with Crippen molar-refractivity contribution in [1.82, 2.24) is 9.88 Å². The van der Waals surface area contributed by atoms with Crippen molar-refractivity contribution in [3.63, 3.8) is 0 Å². The predicted molar refractivity (Wildman–Crippen MR) is 74.7 cm³/mol. The molecule has 1 aromatic rings. The van der Waals surface area contributed by atoms with Crippen LogP contribution in [0.2, 0.25) is 5.02 Å². The molecule has 1 saturated heterocycles. The van der Waals surface area contributed by atoms with Gasteiger partial charge in [-0.15, -0.1) is 0 Å². The van der Waals surface area contributed by atoms with Gasteiger partial charge in [-0.3, -0.25) is 14.6 Å². The summed E-state index contributed by atoms with van der Waals surface area (Å²) in [6.07, 6.45) is 3.03. The van der Waals surface area contributed by atoms with E-state index < -0.39 is 11.4 Å². The van der Waals surface area contributed by atoms with E-state index in [0.717, 1.165) is 0 Å². The highest BCUT2D eigenvalue weighted by Gasteiger charge is 2.41. The monoisotopic (exact) mass is 296 g/mol. The van der Waals surface area contributed by atoms with Crippen molar-refractivity contribution in [1.29, 1.82) is 0 Å². The second-order valence-corrected chi connectivity index (χ2v) is 5.53. The smallest absolute Gasteiger partial charge is 0.309 e. The van der Waals surface area contributed by atoms with Gasteiger partial charge in [-0.05, 0) is 31.4 Å². The van der Waals surface area contributed by atoms with Crippen LogP contribution in [0.4, 0.5) is 0 Å². The molecule has 20 heavy (non-hydrogen) atoms. The summed E-state index contributed by atoms with van der Waals surface area (Å²) in [6.45, 7) is 2.75. The predicted octanol–water partition coefficient (Wildman–Crippen LogP) is 2.45. The molecule has 1 aliphatic rings. The fourth-order valence-electron chi connectivity index (χ4n) is 2.54. The normalized spacial score (nSPS) is 17.8. The Balaban J connectivity index is 2.07. The Labute approximate surface area is 122 Å². The van der Waals surface area contributed by atoms with Crippen LogP contribution < -0.4 is 0 Å². The molecule has 1 amide bonds. The third-order valence-electron chi connectivity index (χ3n) is 4.08. The quantitative estimate of drug-likeness (QED) is 0.930. The summed E-state index contributed by atoms with van der Waals surface area (Å²) in [5, 5.41) is 9.80. The van der Waals surface area contributed by atoms with Gasteiger partial charge in [0.05, 0.1) is 5.41 Å². The van der Waals surface area contributed by atoms with E-state index in [1.54, 1.807) is 11.0 Å². The van der Waals surface area contributed by atoms with Crippen LogP contribution in [0.15, 0.2) is 18.3 Å². The molecule has 6 heteroatoms. The molecule has 1 aliphatic heterocycles. The van der Waals surface area contributed by atoms with Crippen molar-refractivity contribution in [3.8, 4) is 0 Å². The number of amides is 1. The number of piperidine rings is 1. The zero-order valence-electron chi connectivity index (χ0n) is 11.3. The maximum atomic E-state index is 12.3. The van der Waals surface area contributed by atoms with Gasteiger partial charge in [-0.2, -0.15) is 0 Å². The lowest BCUT2D eigenvalue weighted by molar-refractivity contribution is -0.152. The van der Waals surface area contributed by atoms with E-state index in [4.69, 9.17) is 11.6 Å². The average molecular weight is 297 g/mol. The molecule has 0 unspecified atom stereocenters. The van der Waals surface area contributed by atoms with Crippen LogP contribution in [0, 0.1) is 5.41 Å². The molecule has 1 fully saturated rings. The Kier molecular flexibility index (Phi) is 4.28. The van der Waals surface area contributed by atoms with Crippen LogP contribution in [0.25, 0.3) is 0 Å². The van der Waals surface area contributed by atoms with Crippen LogP contribution in [0.5, 0.6) is 0 Å². The number of aromatic nitrogens is 1. The van der Waals surface area contributed by atoms with Gasteiger partial charge in [0, 0.05) is 24.3 Å². The van der Waals surface area contributed by atoms with Gasteiger partial charge < -0.3 is 10.0 Å². The number of aliphatic carboxylic acids is 1. The SMILES string of the molecule is CCC1(C(=O)O)CCN(C(=O)c2cc(Cl)ccn2)CC1. The number of halogens is 1. The summed E-state index contributed by atoms with van der Waals surface area (Å²) in [7, 11) is 0. The number of carbonyl (C=O) groups is 2. The first-order valence-corrected chi connectivity index (χ1v) is 7.00. The Morgan fingerprint density at radius 2 is 2.10 bits per heavy atom. The molecule has 0 spiro atoms. The van der Waals surface area contributed by atoms with Gasteiger partial charge in [0.15, 0.2) is 0 Å². The lowest BCUT2D eigenvalue weighted by Gasteiger charge is -2.38. The van der Waals surface area contributed by atoms with E-state index in [0.29, 0.717) is 43.1 Å². The average Bonchev–Trinajstić information content (AvgIpc) is 2.46. The number of nitrogens with zero attached hydrogens (tertiary/aromatic N) is 2. The molecule has 0 aliphatic carbocycles. The molecular weight excluding hydrogens is 280 g/mol. The highest BCUT2D eigenvalue weighted by Crippen LogP contribution is 2.35. The fraction of sp³-hybridized carbons (Fsp3) is 0.500. The molecule has 2 heterocycles. The molecule has 0 radical (unpaired) electrons. The Morgan fingerprint density at radius 3 is 2.60 bits per heavy atom. The number of pyridine rings is 1. The van der Waals surface area contributed by atoms with Crippen LogP contribution in [0.1, 0.15) is 36.7 Å². The lowest BCUT2D eigenvalue weighted by atomic mass is 9.76. The minimum Gasteiger partial charge on any atom is -0.481 e. The van der Waals surface area contributed by atoms with Gasteiger partial charge in [0.25, 0.3) is 5.91 Å². The van der Waals surface area contributed by atoms with E-state index in [-0.39, 0.29) is 5.91 Å². The van der Waals surface area contributed by atoms with Crippen molar-refractivity contribution in [3.05, 3.63) is 29.0 Å². The molecule has 5 nitrogen and oxygen atoms in total. The van der Waals surface area contributed by atoms with Crippen LogP contribution in [0.3, 0.4) is 0 Å². The minimum atomic E-state index is -0.770. The zero-order chi connectivity index (χ0) is 14.8. The first kappa shape index (κ1) is 14.8. The van der Waals surface area contributed by atoms with Gasteiger partial charge in [-0.25, -0.2) is 0 Å². The first-order valence-electron chi connectivity index (χ1n) is 6.63. The number of hydrogen-bond acceptors (Lipinski definition) is 3.